The molecule has 2 aromatic carbocycles. The Morgan fingerprint density at radius 1 is 1.11 bits per heavy atom. The lowest BCUT2D eigenvalue weighted by Gasteiger charge is -2.02. The molecule has 0 fully saturated rings. The largest absolute Gasteiger partial charge is 0.304 e. The van der Waals surface area contributed by atoms with Gasteiger partial charge in [-0.2, -0.15) is 4.39 Å². The molecule has 0 amide bonds. The summed E-state index contributed by atoms with van der Waals surface area (Å²) in [5.74, 6) is -0.834. The highest BCUT2D eigenvalue weighted by Crippen LogP contribution is 2.31. The van der Waals surface area contributed by atoms with Gasteiger partial charge in [-0.1, -0.05) is 23.4 Å². The maximum atomic E-state index is 13.4. The van der Waals surface area contributed by atoms with E-state index in [1.165, 1.54) is 17.8 Å². The first-order valence-electron chi connectivity index (χ1n) is 4.93. The van der Waals surface area contributed by atoms with E-state index in [0.717, 1.165) is 17.0 Å². The topological polar surface area (TPSA) is 43.1 Å². The average Bonchev–Trinajstić information content (AvgIpc) is 2.32. The van der Waals surface area contributed by atoms with Gasteiger partial charge in [0.05, 0.1) is 4.92 Å². The van der Waals surface area contributed by atoms with Gasteiger partial charge in [0.15, 0.2) is 0 Å². The summed E-state index contributed by atoms with van der Waals surface area (Å²) in [5.41, 5.74) is -0.518. The van der Waals surface area contributed by atoms with E-state index in [0.29, 0.717) is 9.92 Å². The van der Waals surface area contributed by atoms with Crippen LogP contribution in [0, 0.1) is 15.9 Å². The smallest absolute Gasteiger partial charge is 0.258 e. The number of benzene rings is 2. The van der Waals surface area contributed by atoms with E-state index in [2.05, 4.69) is 0 Å². The normalized spacial score (nSPS) is 10.3. The molecule has 0 aliphatic carbocycles. The van der Waals surface area contributed by atoms with Gasteiger partial charge in [0, 0.05) is 20.9 Å². The minimum atomic E-state index is -0.834. The van der Waals surface area contributed by atoms with Crippen LogP contribution in [-0.2, 0) is 0 Å². The molecule has 2 aromatic rings. The molecule has 18 heavy (non-hydrogen) atoms. The quantitative estimate of drug-likeness (QED) is 0.613. The van der Waals surface area contributed by atoms with Gasteiger partial charge < -0.3 is 0 Å². The van der Waals surface area contributed by atoms with Crippen LogP contribution in [0.3, 0.4) is 0 Å². The molecule has 0 spiro atoms. The van der Waals surface area contributed by atoms with Gasteiger partial charge in [-0.15, -0.1) is 0 Å². The lowest BCUT2D eigenvalue weighted by Crippen LogP contribution is -1.91. The zero-order valence-corrected chi connectivity index (χ0v) is 10.5. The van der Waals surface area contributed by atoms with E-state index >= 15 is 0 Å². The van der Waals surface area contributed by atoms with Crippen LogP contribution in [0.5, 0.6) is 0 Å². The van der Waals surface area contributed by atoms with Crippen molar-refractivity contribution in [3.63, 3.8) is 0 Å². The summed E-state index contributed by atoms with van der Waals surface area (Å²) in [6.07, 6.45) is 0. The van der Waals surface area contributed by atoms with Crippen molar-refractivity contribution in [2.45, 2.75) is 9.79 Å². The molecule has 0 saturated heterocycles. The second-order valence-corrected chi connectivity index (χ2v) is 5.01. The summed E-state index contributed by atoms with van der Waals surface area (Å²) < 4.78 is 13.4. The predicted octanol–water partition coefficient (Wildman–Crippen LogP) is 4.54. The van der Waals surface area contributed by atoms with Crippen molar-refractivity contribution in [1.29, 1.82) is 0 Å². The summed E-state index contributed by atoms with van der Waals surface area (Å²) in [7, 11) is 0. The number of nitro groups is 1. The monoisotopic (exact) mass is 283 g/mol. The Morgan fingerprint density at radius 2 is 1.72 bits per heavy atom. The minimum Gasteiger partial charge on any atom is -0.258 e. The lowest BCUT2D eigenvalue weighted by molar-refractivity contribution is -0.387. The molecule has 0 atom stereocenters. The third-order valence-electron chi connectivity index (χ3n) is 2.17. The number of halogens is 2. The molecular weight excluding hydrogens is 277 g/mol. The summed E-state index contributed by atoms with van der Waals surface area (Å²) in [4.78, 5) is 11.2. The molecule has 0 aromatic heterocycles. The van der Waals surface area contributed by atoms with Crippen molar-refractivity contribution in [1.82, 2.24) is 0 Å². The van der Waals surface area contributed by atoms with Crippen LogP contribution >= 0.6 is 23.4 Å². The SMILES string of the molecule is O=[N+]([O-])c1ccc(Sc2ccc(Cl)cc2)cc1F. The van der Waals surface area contributed by atoms with Crippen LogP contribution in [0.25, 0.3) is 0 Å². The van der Waals surface area contributed by atoms with Gasteiger partial charge in [0.25, 0.3) is 0 Å². The fourth-order valence-corrected chi connectivity index (χ4v) is 2.31. The van der Waals surface area contributed by atoms with Crippen LogP contribution in [0.4, 0.5) is 10.1 Å². The second kappa shape index (κ2) is 5.37. The number of nitrogens with zero attached hydrogens (tertiary/aromatic N) is 1. The molecule has 0 N–H and O–H groups in total. The highest BCUT2D eigenvalue weighted by molar-refractivity contribution is 7.99. The van der Waals surface area contributed by atoms with Gasteiger partial charge in [0.2, 0.25) is 5.82 Å². The third kappa shape index (κ3) is 3.00. The van der Waals surface area contributed by atoms with Crippen LogP contribution in [0.1, 0.15) is 0 Å². The van der Waals surface area contributed by atoms with Crippen LogP contribution in [0.2, 0.25) is 5.02 Å². The number of hydrogen-bond acceptors (Lipinski definition) is 3. The van der Waals surface area contributed by atoms with E-state index in [1.807, 2.05) is 0 Å². The summed E-state index contributed by atoms with van der Waals surface area (Å²) in [5, 5.41) is 11.1. The second-order valence-electron chi connectivity index (χ2n) is 3.43. The summed E-state index contributed by atoms with van der Waals surface area (Å²) >= 11 is 7.06. The maximum Gasteiger partial charge on any atom is 0.304 e. The van der Waals surface area contributed by atoms with Crippen molar-refractivity contribution in [2.75, 3.05) is 0 Å². The third-order valence-corrected chi connectivity index (χ3v) is 3.41. The molecule has 0 unspecified atom stereocenters. The zero-order chi connectivity index (χ0) is 13.1. The van der Waals surface area contributed by atoms with Gasteiger partial charge in [0.1, 0.15) is 0 Å². The molecule has 0 radical (unpaired) electrons. The summed E-state index contributed by atoms with van der Waals surface area (Å²) in [6, 6.07) is 10.9. The van der Waals surface area contributed by atoms with Crippen molar-refractivity contribution in [2.24, 2.45) is 0 Å². The maximum absolute atomic E-state index is 13.4. The molecule has 92 valence electrons. The first-order chi connectivity index (χ1) is 8.56. The molecule has 0 aliphatic heterocycles. The Balaban J connectivity index is 2.22. The molecule has 3 nitrogen and oxygen atoms in total. The van der Waals surface area contributed by atoms with Crippen molar-refractivity contribution in [3.8, 4) is 0 Å². The van der Waals surface area contributed by atoms with E-state index in [9.17, 15) is 14.5 Å². The molecule has 0 saturated carbocycles. The van der Waals surface area contributed by atoms with Gasteiger partial charge in [-0.25, -0.2) is 0 Å². The zero-order valence-electron chi connectivity index (χ0n) is 8.97. The molecular formula is C12H7ClFNO2S. The fraction of sp³-hybridized carbons (Fsp3) is 0. The Morgan fingerprint density at radius 3 is 2.28 bits per heavy atom. The van der Waals surface area contributed by atoms with Gasteiger partial charge in [-0.05, 0) is 36.4 Å². The fourth-order valence-electron chi connectivity index (χ4n) is 1.34. The Bertz CT molecular complexity index is 589. The lowest BCUT2D eigenvalue weighted by atomic mass is 10.3. The van der Waals surface area contributed by atoms with Crippen molar-refractivity contribution < 1.29 is 9.31 Å². The Hall–Kier alpha value is -1.59. The standard InChI is InChI=1S/C12H7ClFNO2S/c13-8-1-3-9(4-2-8)18-10-5-6-12(15(16)17)11(14)7-10/h1-7H. The predicted molar refractivity (Wildman–Crippen MR) is 68.6 cm³/mol. The number of hydrogen-bond donors (Lipinski definition) is 0. The average molecular weight is 284 g/mol. The highest BCUT2D eigenvalue weighted by Gasteiger charge is 2.13. The molecule has 0 aliphatic rings. The molecule has 6 heteroatoms. The Labute approximate surface area is 112 Å². The highest BCUT2D eigenvalue weighted by atomic mass is 35.5. The van der Waals surface area contributed by atoms with E-state index in [1.54, 1.807) is 24.3 Å². The first kappa shape index (κ1) is 12.9. The minimum absolute atomic E-state index is 0.518. The first-order valence-corrected chi connectivity index (χ1v) is 6.13. The van der Waals surface area contributed by atoms with E-state index in [4.69, 9.17) is 11.6 Å². The molecule has 0 heterocycles. The van der Waals surface area contributed by atoms with Crippen LogP contribution < -0.4 is 0 Å². The van der Waals surface area contributed by atoms with Crippen molar-refractivity contribution in [3.05, 3.63) is 63.4 Å². The van der Waals surface area contributed by atoms with E-state index in [-0.39, 0.29) is 0 Å². The molecule has 2 rings (SSSR count). The Kier molecular flexibility index (Phi) is 3.84. The van der Waals surface area contributed by atoms with Gasteiger partial charge >= 0.3 is 5.69 Å². The van der Waals surface area contributed by atoms with Crippen LogP contribution in [-0.4, -0.2) is 4.92 Å². The number of nitro benzene ring substituents is 1. The van der Waals surface area contributed by atoms with Gasteiger partial charge in [-0.3, -0.25) is 10.1 Å². The summed E-state index contributed by atoms with van der Waals surface area (Å²) in [6.45, 7) is 0. The number of rotatable bonds is 3. The van der Waals surface area contributed by atoms with Crippen LogP contribution in [0.15, 0.2) is 52.3 Å². The van der Waals surface area contributed by atoms with E-state index < -0.39 is 16.4 Å². The van der Waals surface area contributed by atoms with Crippen molar-refractivity contribution >= 4 is 29.1 Å². The molecule has 0 bridgehead atoms.